The molecule has 2 aromatic carbocycles. The molecule has 2 heterocycles. The van der Waals surface area contributed by atoms with Gasteiger partial charge < -0.3 is 20.3 Å². The molecule has 2 atom stereocenters. The van der Waals surface area contributed by atoms with E-state index in [1.165, 1.54) is 0 Å². The maximum atomic E-state index is 12.5. The monoisotopic (exact) mass is 421 g/mol. The van der Waals surface area contributed by atoms with Crippen LogP contribution in [0.1, 0.15) is 53.7 Å². The quantitative estimate of drug-likeness (QED) is 0.699. The van der Waals surface area contributed by atoms with Gasteiger partial charge in [-0.3, -0.25) is 9.59 Å². The standard InChI is InChI=1S/C24H27N3O4/c1-3-18(16-8-6-15(2)7-9-16)25-22(28)14-31-24(30)17-10-11-20-19(13-17)26-23(29)21-5-4-12-27(20)21/h6-11,13,18,21H,3-5,12,14H2,1-2H3,(H,25,28)(H,26,29)/t18-,21-/m1/s1. The molecule has 0 saturated carbocycles. The molecule has 162 valence electrons. The number of carbonyl (C=O) groups is 3. The molecule has 1 fully saturated rings. The number of esters is 1. The van der Waals surface area contributed by atoms with Crippen LogP contribution in [0.25, 0.3) is 0 Å². The van der Waals surface area contributed by atoms with Gasteiger partial charge in [0.1, 0.15) is 6.04 Å². The number of ether oxygens (including phenoxy) is 1. The van der Waals surface area contributed by atoms with E-state index in [0.29, 0.717) is 11.3 Å². The molecule has 0 aliphatic carbocycles. The zero-order chi connectivity index (χ0) is 22.0. The molecule has 4 rings (SSSR count). The third kappa shape index (κ3) is 4.40. The molecule has 0 aromatic heterocycles. The van der Waals surface area contributed by atoms with Gasteiger partial charge in [0.05, 0.1) is 23.0 Å². The van der Waals surface area contributed by atoms with Crippen molar-refractivity contribution in [1.29, 1.82) is 0 Å². The van der Waals surface area contributed by atoms with Gasteiger partial charge in [0.2, 0.25) is 5.91 Å². The summed E-state index contributed by atoms with van der Waals surface area (Å²) < 4.78 is 5.22. The molecule has 2 amide bonds. The highest BCUT2D eigenvalue weighted by atomic mass is 16.5. The molecule has 0 spiro atoms. The van der Waals surface area contributed by atoms with E-state index in [2.05, 4.69) is 15.5 Å². The number of hydrogen-bond acceptors (Lipinski definition) is 5. The molecule has 1 saturated heterocycles. The minimum absolute atomic E-state index is 0.0448. The second-order valence-corrected chi connectivity index (χ2v) is 8.09. The number of carbonyl (C=O) groups excluding carboxylic acids is 3. The molecule has 2 aliphatic heterocycles. The third-order valence-electron chi connectivity index (χ3n) is 5.91. The number of fused-ring (bicyclic) bond motifs is 3. The highest BCUT2D eigenvalue weighted by Crippen LogP contribution is 2.37. The van der Waals surface area contributed by atoms with E-state index in [1.54, 1.807) is 12.1 Å². The van der Waals surface area contributed by atoms with E-state index >= 15 is 0 Å². The molecular formula is C24H27N3O4. The average molecular weight is 421 g/mol. The highest BCUT2D eigenvalue weighted by Gasteiger charge is 2.36. The van der Waals surface area contributed by atoms with Crippen LogP contribution in [0.5, 0.6) is 0 Å². The summed E-state index contributed by atoms with van der Waals surface area (Å²) in [6, 6.07) is 12.8. The lowest BCUT2D eigenvalue weighted by Gasteiger charge is -2.33. The first kappa shape index (κ1) is 20.9. The Bertz CT molecular complexity index is 1000. The maximum Gasteiger partial charge on any atom is 0.338 e. The molecule has 7 nitrogen and oxygen atoms in total. The van der Waals surface area contributed by atoms with Crippen LogP contribution in [0.3, 0.4) is 0 Å². The van der Waals surface area contributed by atoms with E-state index in [-0.39, 0.29) is 30.5 Å². The normalized spacial score (nSPS) is 17.9. The van der Waals surface area contributed by atoms with Gasteiger partial charge in [0.15, 0.2) is 6.61 Å². The van der Waals surface area contributed by atoms with Crippen LogP contribution in [0, 0.1) is 6.92 Å². The molecule has 0 radical (unpaired) electrons. The number of nitrogens with one attached hydrogen (secondary N) is 2. The van der Waals surface area contributed by atoms with Gasteiger partial charge in [-0.1, -0.05) is 36.8 Å². The SMILES string of the molecule is CC[C@@H](NC(=O)COC(=O)c1ccc2c(c1)NC(=O)[C@H]1CCCN21)c1ccc(C)cc1. The second-order valence-electron chi connectivity index (χ2n) is 8.09. The van der Waals surface area contributed by atoms with Crippen LogP contribution < -0.4 is 15.5 Å². The van der Waals surface area contributed by atoms with E-state index in [9.17, 15) is 14.4 Å². The first-order valence-electron chi connectivity index (χ1n) is 10.7. The Hall–Kier alpha value is -3.35. The topological polar surface area (TPSA) is 87.7 Å². The Balaban J connectivity index is 1.36. The summed E-state index contributed by atoms with van der Waals surface area (Å²) in [6.45, 7) is 4.47. The average Bonchev–Trinajstić information content (AvgIpc) is 3.27. The summed E-state index contributed by atoms with van der Waals surface area (Å²) >= 11 is 0. The van der Waals surface area contributed by atoms with Crippen molar-refractivity contribution in [2.45, 2.75) is 45.2 Å². The second kappa shape index (κ2) is 8.79. The lowest BCUT2D eigenvalue weighted by Crippen LogP contribution is -2.43. The van der Waals surface area contributed by atoms with Crippen molar-refractivity contribution < 1.29 is 19.1 Å². The van der Waals surface area contributed by atoms with Crippen molar-refractivity contribution in [2.75, 3.05) is 23.4 Å². The molecule has 2 N–H and O–H groups in total. The van der Waals surface area contributed by atoms with Crippen LogP contribution in [-0.4, -0.2) is 37.0 Å². The number of rotatable bonds is 6. The summed E-state index contributed by atoms with van der Waals surface area (Å²) in [5.41, 5.74) is 3.99. The van der Waals surface area contributed by atoms with Crippen LogP contribution >= 0.6 is 0 Å². The van der Waals surface area contributed by atoms with Gasteiger partial charge in [-0.25, -0.2) is 4.79 Å². The lowest BCUT2D eigenvalue weighted by atomic mass is 10.0. The maximum absolute atomic E-state index is 12.5. The number of amides is 2. The van der Waals surface area contributed by atoms with Crippen LogP contribution in [0.2, 0.25) is 0 Å². The van der Waals surface area contributed by atoms with Crippen molar-refractivity contribution in [3.63, 3.8) is 0 Å². The summed E-state index contributed by atoms with van der Waals surface area (Å²) in [5.74, 6) is -0.998. The van der Waals surface area contributed by atoms with Gasteiger partial charge in [0.25, 0.3) is 5.91 Å². The zero-order valence-corrected chi connectivity index (χ0v) is 17.8. The number of aryl methyl sites for hydroxylation is 1. The van der Waals surface area contributed by atoms with Gasteiger partial charge in [0, 0.05) is 6.54 Å². The van der Waals surface area contributed by atoms with Crippen molar-refractivity contribution in [3.05, 3.63) is 59.2 Å². The smallest absolute Gasteiger partial charge is 0.338 e. The first-order valence-corrected chi connectivity index (χ1v) is 10.7. The van der Waals surface area contributed by atoms with Crippen molar-refractivity contribution in [3.8, 4) is 0 Å². The van der Waals surface area contributed by atoms with E-state index in [1.807, 2.05) is 44.2 Å². The Labute approximate surface area is 181 Å². The summed E-state index contributed by atoms with van der Waals surface area (Å²) in [6.07, 6.45) is 2.54. The fourth-order valence-corrected chi connectivity index (χ4v) is 4.23. The first-order chi connectivity index (χ1) is 15.0. The summed E-state index contributed by atoms with van der Waals surface area (Å²) in [7, 11) is 0. The fraction of sp³-hybridized carbons (Fsp3) is 0.375. The number of hydrogen-bond donors (Lipinski definition) is 2. The van der Waals surface area contributed by atoms with E-state index in [4.69, 9.17) is 4.74 Å². The molecule has 2 aromatic rings. The lowest BCUT2D eigenvalue weighted by molar-refractivity contribution is -0.125. The van der Waals surface area contributed by atoms with Crippen molar-refractivity contribution >= 4 is 29.2 Å². The van der Waals surface area contributed by atoms with Crippen molar-refractivity contribution in [2.24, 2.45) is 0 Å². The number of anilines is 2. The summed E-state index contributed by atoms with van der Waals surface area (Å²) in [5, 5.41) is 5.79. The predicted molar refractivity (Wildman–Crippen MR) is 118 cm³/mol. The Morgan fingerprint density at radius 1 is 1.23 bits per heavy atom. The summed E-state index contributed by atoms with van der Waals surface area (Å²) in [4.78, 5) is 39.2. The molecule has 31 heavy (non-hydrogen) atoms. The number of benzene rings is 2. The van der Waals surface area contributed by atoms with Crippen LogP contribution in [0.15, 0.2) is 42.5 Å². The van der Waals surface area contributed by atoms with Crippen LogP contribution in [0.4, 0.5) is 11.4 Å². The van der Waals surface area contributed by atoms with Crippen molar-refractivity contribution in [1.82, 2.24) is 5.32 Å². The van der Waals surface area contributed by atoms with Gasteiger partial charge in [-0.15, -0.1) is 0 Å². The fourth-order valence-electron chi connectivity index (χ4n) is 4.23. The number of nitrogens with zero attached hydrogens (tertiary/aromatic N) is 1. The van der Waals surface area contributed by atoms with E-state index in [0.717, 1.165) is 42.6 Å². The molecule has 2 aliphatic rings. The van der Waals surface area contributed by atoms with Gasteiger partial charge in [-0.05, 0) is 49.9 Å². The Morgan fingerprint density at radius 2 is 2.00 bits per heavy atom. The molecular weight excluding hydrogens is 394 g/mol. The van der Waals surface area contributed by atoms with Gasteiger partial charge >= 0.3 is 5.97 Å². The van der Waals surface area contributed by atoms with Gasteiger partial charge in [-0.2, -0.15) is 0 Å². The Morgan fingerprint density at radius 3 is 2.74 bits per heavy atom. The predicted octanol–water partition coefficient (Wildman–Crippen LogP) is 3.34. The highest BCUT2D eigenvalue weighted by molar-refractivity contribution is 6.05. The minimum atomic E-state index is -0.598. The molecule has 0 unspecified atom stereocenters. The Kier molecular flexibility index (Phi) is 5.93. The third-order valence-corrected chi connectivity index (χ3v) is 5.91. The molecule has 7 heteroatoms. The van der Waals surface area contributed by atoms with E-state index < -0.39 is 5.97 Å². The largest absolute Gasteiger partial charge is 0.452 e. The molecule has 0 bridgehead atoms. The minimum Gasteiger partial charge on any atom is -0.452 e. The zero-order valence-electron chi connectivity index (χ0n) is 17.8. The van der Waals surface area contributed by atoms with Crippen LogP contribution in [-0.2, 0) is 14.3 Å².